The summed E-state index contributed by atoms with van der Waals surface area (Å²) < 4.78 is 25.6. The maximum Gasteiger partial charge on any atom is 0.227 e. The first kappa shape index (κ1) is 18.4. The van der Waals surface area contributed by atoms with Crippen LogP contribution in [0.1, 0.15) is 19.8 Å². The number of anilines is 2. The molecule has 0 unspecified atom stereocenters. The second-order valence-electron chi connectivity index (χ2n) is 7.40. The number of rotatable bonds is 2. The highest BCUT2D eigenvalue weighted by molar-refractivity contribution is 5.73. The highest BCUT2D eigenvalue weighted by Crippen LogP contribution is 2.32. The number of morpholine rings is 2. The minimum Gasteiger partial charge on any atom is -0.378 e. The van der Waals surface area contributed by atoms with Crippen LogP contribution < -0.4 is 9.80 Å². The first-order valence-corrected chi connectivity index (χ1v) is 9.56. The first-order chi connectivity index (χ1) is 13.1. The van der Waals surface area contributed by atoms with E-state index in [2.05, 4.69) is 14.9 Å². The lowest BCUT2D eigenvalue weighted by Crippen LogP contribution is -2.58. The molecule has 1 amide bonds. The lowest BCUT2D eigenvalue weighted by molar-refractivity contribution is -0.152. The van der Waals surface area contributed by atoms with E-state index in [0.29, 0.717) is 57.8 Å². The van der Waals surface area contributed by atoms with E-state index in [1.165, 1.54) is 6.20 Å². The monoisotopic (exact) mass is 379 g/mol. The summed E-state index contributed by atoms with van der Waals surface area (Å²) in [5.74, 6) is 0.589. The Hall–Kier alpha value is -2.00. The number of nitrogens with zero attached hydrogens (tertiary/aromatic N) is 5. The minimum absolute atomic E-state index is 0.0946. The summed E-state index contributed by atoms with van der Waals surface area (Å²) >= 11 is 0. The molecule has 0 N–H and O–H groups in total. The van der Waals surface area contributed by atoms with E-state index in [0.717, 1.165) is 25.9 Å². The van der Waals surface area contributed by atoms with Crippen molar-refractivity contribution >= 4 is 17.7 Å². The summed E-state index contributed by atoms with van der Waals surface area (Å²) in [5.41, 5.74) is -0.284. The quantitative estimate of drug-likeness (QED) is 0.748. The molecule has 3 aliphatic rings. The van der Waals surface area contributed by atoms with Gasteiger partial charge < -0.3 is 24.2 Å². The third-order valence-electron chi connectivity index (χ3n) is 5.67. The van der Waals surface area contributed by atoms with Gasteiger partial charge in [-0.3, -0.25) is 4.79 Å². The van der Waals surface area contributed by atoms with Crippen LogP contribution in [0.25, 0.3) is 0 Å². The standard InChI is InChI=1S/C18H26FN5O3/c1-14(25)24-8-11-27-18(13-24)2-4-23(5-3-18)17-20-12-15(19)16(21-17)22-6-9-26-10-7-22/h12H,2-11,13H2,1H3. The third kappa shape index (κ3) is 3.84. The lowest BCUT2D eigenvalue weighted by atomic mass is 9.89. The molecule has 0 aromatic carbocycles. The zero-order chi connectivity index (χ0) is 18.9. The minimum atomic E-state index is -0.401. The van der Waals surface area contributed by atoms with E-state index in [1.54, 1.807) is 6.92 Å². The van der Waals surface area contributed by atoms with Gasteiger partial charge >= 0.3 is 0 Å². The number of carbonyl (C=O) groups excluding carboxylic acids is 1. The number of hydrogen-bond acceptors (Lipinski definition) is 7. The van der Waals surface area contributed by atoms with Crippen molar-refractivity contribution in [3.8, 4) is 0 Å². The van der Waals surface area contributed by atoms with E-state index in [4.69, 9.17) is 9.47 Å². The maximum absolute atomic E-state index is 14.2. The molecule has 0 bridgehead atoms. The molecule has 27 heavy (non-hydrogen) atoms. The Morgan fingerprint density at radius 3 is 2.56 bits per heavy atom. The SMILES string of the molecule is CC(=O)N1CCOC2(CCN(c3ncc(F)c(N4CCOCC4)n3)CC2)C1. The summed E-state index contributed by atoms with van der Waals surface area (Å²) in [6.07, 6.45) is 2.85. The molecule has 4 rings (SSSR count). The number of hydrogen-bond donors (Lipinski definition) is 0. The molecule has 0 aliphatic carbocycles. The maximum atomic E-state index is 14.2. The second-order valence-corrected chi connectivity index (χ2v) is 7.40. The zero-order valence-corrected chi connectivity index (χ0v) is 15.7. The van der Waals surface area contributed by atoms with Crippen molar-refractivity contribution in [2.24, 2.45) is 0 Å². The smallest absolute Gasteiger partial charge is 0.227 e. The summed E-state index contributed by atoms with van der Waals surface area (Å²) in [6, 6.07) is 0. The van der Waals surface area contributed by atoms with E-state index in [-0.39, 0.29) is 11.5 Å². The fraction of sp³-hybridized carbons (Fsp3) is 0.722. The van der Waals surface area contributed by atoms with Crippen LogP contribution in [0.4, 0.5) is 16.2 Å². The van der Waals surface area contributed by atoms with Crippen molar-refractivity contribution in [1.29, 1.82) is 0 Å². The molecule has 1 spiro atoms. The summed E-state index contributed by atoms with van der Waals surface area (Å²) in [4.78, 5) is 26.3. The number of piperidine rings is 1. The van der Waals surface area contributed by atoms with Gasteiger partial charge in [0.15, 0.2) is 11.6 Å². The van der Waals surface area contributed by atoms with Gasteiger partial charge in [-0.1, -0.05) is 0 Å². The molecule has 8 nitrogen and oxygen atoms in total. The number of amides is 1. The van der Waals surface area contributed by atoms with Gasteiger partial charge in [0.2, 0.25) is 11.9 Å². The van der Waals surface area contributed by atoms with Gasteiger partial charge in [0.05, 0.1) is 31.6 Å². The molecule has 3 aliphatic heterocycles. The second kappa shape index (κ2) is 7.55. The van der Waals surface area contributed by atoms with Gasteiger partial charge in [-0.2, -0.15) is 4.98 Å². The Morgan fingerprint density at radius 2 is 1.85 bits per heavy atom. The van der Waals surface area contributed by atoms with Crippen LogP contribution in [-0.4, -0.2) is 85.5 Å². The van der Waals surface area contributed by atoms with Crippen LogP contribution in [-0.2, 0) is 14.3 Å². The van der Waals surface area contributed by atoms with E-state index >= 15 is 0 Å². The van der Waals surface area contributed by atoms with E-state index in [9.17, 15) is 9.18 Å². The molecule has 3 saturated heterocycles. The number of ether oxygens (including phenoxy) is 2. The Kier molecular flexibility index (Phi) is 5.14. The normalized spacial score (nSPS) is 23.0. The van der Waals surface area contributed by atoms with Crippen molar-refractivity contribution in [3.63, 3.8) is 0 Å². The molecule has 3 fully saturated rings. The molecule has 4 heterocycles. The molecule has 1 aromatic heterocycles. The zero-order valence-electron chi connectivity index (χ0n) is 15.7. The molecule has 148 valence electrons. The van der Waals surface area contributed by atoms with Gasteiger partial charge in [-0.05, 0) is 12.8 Å². The molecular weight excluding hydrogens is 353 g/mol. The fourth-order valence-electron chi connectivity index (χ4n) is 4.03. The van der Waals surface area contributed by atoms with Crippen molar-refractivity contribution in [1.82, 2.24) is 14.9 Å². The molecular formula is C18H26FN5O3. The summed E-state index contributed by atoms with van der Waals surface area (Å²) in [7, 11) is 0. The highest BCUT2D eigenvalue weighted by Gasteiger charge is 2.41. The topological polar surface area (TPSA) is 71.0 Å². The van der Waals surface area contributed by atoms with Gasteiger partial charge in [0, 0.05) is 46.2 Å². The van der Waals surface area contributed by atoms with Gasteiger partial charge in [0.25, 0.3) is 0 Å². The molecule has 0 radical (unpaired) electrons. The molecule has 0 saturated carbocycles. The van der Waals surface area contributed by atoms with Crippen LogP contribution in [0.3, 0.4) is 0 Å². The number of halogens is 1. The summed E-state index contributed by atoms with van der Waals surface area (Å²) in [6.45, 7) is 7.34. The van der Waals surface area contributed by atoms with Crippen molar-refractivity contribution < 1.29 is 18.7 Å². The van der Waals surface area contributed by atoms with Gasteiger partial charge in [-0.25, -0.2) is 9.37 Å². The van der Waals surface area contributed by atoms with E-state index in [1.807, 2.05) is 9.80 Å². The van der Waals surface area contributed by atoms with Crippen LogP contribution in [0.2, 0.25) is 0 Å². The average Bonchev–Trinajstić information content (AvgIpc) is 2.70. The number of carbonyl (C=O) groups is 1. The predicted octanol–water partition coefficient (Wildman–Crippen LogP) is 0.670. The number of aromatic nitrogens is 2. The summed E-state index contributed by atoms with van der Waals surface area (Å²) in [5, 5.41) is 0. The Morgan fingerprint density at radius 1 is 1.11 bits per heavy atom. The average molecular weight is 379 g/mol. The highest BCUT2D eigenvalue weighted by atomic mass is 19.1. The lowest BCUT2D eigenvalue weighted by Gasteiger charge is -2.47. The van der Waals surface area contributed by atoms with Gasteiger partial charge in [-0.15, -0.1) is 0 Å². The predicted molar refractivity (Wildman–Crippen MR) is 97.4 cm³/mol. The Bertz CT molecular complexity index is 690. The van der Waals surface area contributed by atoms with Crippen molar-refractivity contribution in [3.05, 3.63) is 12.0 Å². The van der Waals surface area contributed by atoms with Crippen LogP contribution in [0.5, 0.6) is 0 Å². The van der Waals surface area contributed by atoms with Crippen molar-refractivity contribution in [2.75, 3.05) is 68.9 Å². The van der Waals surface area contributed by atoms with Crippen LogP contribution in [0, 0.1) is 5.82 Å². The molecule has 9 heteroatoms. The molecule has 0 atom stereocenters. The largest absolute Gasteiger partial charge is 0.378 e. The van der Waals surface area contributed by atoms with Crippen LogP contribution >= 0.6 is 0 Å². The van der Waals surface area contributed by atoms with Gasteiger partial charge in [0.1, 0.15) is 0 Å². The Labute approximate surface area is 158 Å². The third-order valence-corrected chi connectivity index (χ3v) is 5.67. The Balaban J connectivity index is 1.44. The molecule has 1 aromatic rings. The fourth-order valence-corrected chi connectivity index (χ4v) is 4.03. The van der Waals surface area contributed by atoms with E-state index < -0.39 is 5.82 Å². The first-order valence-electron chi connectivity index (χ1n) is 9.56. The van der Waals surface area contributed by atoms with Crippen LogP contribution in [0.15, 0.2) is 6.20 Å². The van der Waals surface area contributed by atoms with Crippen molar-refractivity contribution in [2.45, 2.75) is 25.4 Å².